The van der Waals surface area contributed by atoms with Gasteiger partial charge in [-0.3, -0.25) is 4.79 Å². The van der Waals surface area contributed by atoms with E-state index in [1.54, 1.807) is 12.1 Å². The molecule has 0 aromatic heterocycles. The third kappa shape index (κ3) is 4.14. The Hall–Kier alpha value is -2.82. The summed E-state index contributed by atoms with van der Waals surface area (Å²) in [6, 6.07) is 15.8. The van der Waals surface area contributed by atoms with Crippen LogP contribution in [0.5, 0.6) is 5.75 Å². The molecule has 2 fully saturated rings. The predicted octanol–water partition coefficient (Wildman–Crippen LogP) is 3.74. The Labute approximate surface area is 171 Å². The predicted molar refractivity (Wildman–Crippen MR) is 111 cm³/mol. The van der Waals surface area contributed by atoms with Gasteiger partial charge in [0.25, 0.3) is 0 Å². The molecule has 0 spiro atoms. The van der Waals surface area contributed by atoms with Gasteiger partial charge in [0.1, 0.15) is 11.9 Å². The highest BCUT2D eigenvalue weighted by Gasteiger charge is 2.51. The minimum atomic E-state index is -0.887. The van der Waals surface area contributed by atoms with Crippen molar-refractivity contribution in [3.63, 3.8) is 0 Å². The van der Waals surface area contributed by atoms with Crippen molar-refractivity contribution in [3.05, 3.63) is 60.2 Å². The second-order valence-corrected chi connectivity index (χ2v) is 7.98. The molecule has 0 amide bonds. The number of ketones is 1. The van der Waals surface area contributed by atoms with Gasteiger partial charge in [-0.2, -0.15) is 0 Å². The molecular weight excluding hydrogens is 366 g/mol. The van der Waals surface area contributed by atoms with Gasteiger partial charge >= 0.3 is 5.97 Å². The average molecular weight is 393 g/mol. The fourth-order valence-electron chi connectivity index (χ4n) is 4.32. The molecule has 0 bridgehead atoms. The second-order valence-electron chi connectivity index (χ2n) is 7.98. The van der Waals surface area contributed by atoms with Crippen LogP contribution in [0.3, 0.4) is 0 Å². The number of hydrogen-bond acceptors (Lipinski definition) is 5. The van der Waals surface area contributed by atoms with E-state index < -0.39 is 12.0 Å². The number of esters is 1. The van der Waals surface area contributed by atoms with Crippen LogP contribution < -0.4 is 4.90 Å². The van der Waals surface area contributed by atoms with E-state index in [4.69, 9.17) is 4.74 Å². The number of para-hydroxylation sites is 1. The standard InChI is InChI=1S/C24H27NO4/c1-2-25(18-6-4-3-5-7-18)21-22(27)20(23(17-11-12-17)29-24(21)28)15-10-16-8-13-19(26)14-9-16/h3-9,13-14,17,20-21,23,26H,2,10-12,15H2,1H3. The maximum atomic E-state index is 13.5. The fraction of sp³-hybridized carbons (Fsp3) is 0.417. The Kier molecular flexibility index (Phi) is 5.56. The number of cyclic esters (lactones) is 1. The second kappa shape index (κ2) is 8.27. The maximum Gasteiger partial charge on any atom is 0.336 e. The van der Waals surface area contributed by atoms with Crippen molar-refractivity contribution in [2.75, 3.05) is 11.4 Å². The highest BCUT2D eigenvalue weighted by molar-refractivity contribution is 6.09. The summed E-state index contributed by atoms with van der Waals surface area (Å²) in [6.07, 6.45) is 3.07. The van der Waals surface area contributed by atoms with E-state index in [-0.39, 0.29) is 23.6 Å². The van der Waals surface area contributed by atoms with Gasteiger partial charge in [0.05, 0.1) is 5.92 Å². The smallest absolute Gasteiger partial charge is 0.336 e. The summed E-state index contributed by atoms with van der Waals surface area (Å²) in [5.41, 5.74) is 1.92. The third-order valence-corrected chi connectivity index (χ3v) is 6.01. The van der Waals surface area contributed by atoms with E-state index >= 15 is 0 Å². The number of benzene rings is 2. The van der Waals surface area contributed by atoms with Gasteiger partial charge in [0.2, 0.25) is 0 Å². The molecular formula is C24H27NO4. The van der Waals surface area contributed by atoms with Crippen molar-refractivity contribution in [3.8, 4) is 5.75 Å². The van der Waals surface area contributed by atoms with Gasteiger partial charge in [0.15, 0.2) is 11.8 Å². The molecule has 1 N–H and O–H groups in total. The first-order chi connectivity index (χ1) is 14.1. The highest BCUT2D eigenvalue weighted by atomic mass is 16.5. The van der Waals surface area contributed by atoms with E-state index in [9.17, 15) is 14.7 Å². The number of rotatable bonds is 7. The number of phenolic OH excluding ortho intramolecular Hbond substituents is 1. The lowest BCUT2D eigenvalue weighted by atomic mass is 9.82. The lowest BCUT2D eigenvalue weighted by Gasteiger charge is -2.39. The topological polar surface area (TPSA) is 66.8 Å². The van der Waals surface area contributed by atoms with Crippen molar-refractivity contribution in [2.24, 2.45) is 11.8 Å². The normalized spacial score (nSPS) is 24.2. The molecule has 1 aliphatic carbocycles. The van der Waals surface area contributed by atoms with Gasteiger partial charge in [-0.15, -0.1) is 0 Å². The number of likely N-dealkylation sites (N-methyl/N-ethyl adjacent to an activating group) is 1. The molecule has 5 nitrogen and oxygen atoms in total. The van der Waals surface area contributed by atoms with Crippen LogP contribution in [0.1, 0.15) is 31.7 Å². The minimum absolute atomic E-state index is 0.0253. The van der Waals surface area contributed by atoms with Crippen molar-refractivity contribution in [1.82, 2.24) is 0 Å². The van der Waals surface area contributed by atoms with Crippen LogP contribution in [0.25, 0.3) is 0 Å². The van der Waals surface area contributed by atoms with Crippen molar-refractivity contribution in [1.29, 1.82) is 0 Å². The number of aromatic hydroxyl groups is 1. The molecule has 1 aliphatic heterocycles. The van der Waals surface area contributed by atoms with Crippen LogP contribution in [-0.2, 0) is 20.7 Å². The Morgan fingerprint density at radius 2 is 1.72 bits per heavy atom. The zero-order chi connectivity index (χ0) is 20.4. The lowest BCUT2D eigenvalue weighted by Crippen LogP contribution is -2.58. The van der Waals surface area contributed by atoms with Crippen LogP contribution in [0.2, 0.25) is 0 Å². The summed E-state index contributed by atoms with van der Waals surface area (Å²) in [7, 11) is 0. The summed E-state index contributed by atoms with van der Waals surface area (Å²) in [6.45, 7) is 2.50. The number of carbonyl (C=O) groups is 2. The van der Waals surface area contributed by atoms with E-state index in [1.807, 2.05) is 54.3 Å². The molecule has 1 heterocycles. The number of aryl methyl sites for hydroxylation is 1. The summed E-state index contributed by atoms with van der Waals surface area (Å²) in [5, 5.41) is 9.48. The summed E-state index contributed by atoms with van der Waals surface area (Å²) >= 11 is 0. The zero-order valence-corrected chi connectivity index (χ0v) is 16.7. The van der Waals surface area contributed by atoms with E-state index in [1.165, 1.54) is 0 Å². The first kappa shape index (κ1) is 19.5. The number of carbonyl (C=O) groups excluding carboxylic acids is 2. The number of phenols is 1. The molecule has 2 aromatic carbocycles. The zero-order valence-electron chi connectivity index (χ0n) is 16.7. The van der Waals surface area contributed by atoms with Crippen LogP contribution in [0.15, 0.2) is 54.6 Å². The van der Waals surface area contributed by atoms with Gasteiger partial charge in [-0.05, 0) is 68.4 Å². The first-order valence-corrected chi connectivity index (χ1v) is 10.4. The van der Waals surface area contributed by atoms with Gasteiger partial charge in [-0.1, -0.05) is 30.3 Å². The fourth-order valence-corrected chi connectivity index (χ4v) is 4.32. The van der Waals surface area contributed by atoms with Crippen molar-refractivity contribution < 1.29 is 19.4 Å². The highest BCUT2D eigenvalue weighted by Crippen LogP contribution is 2.42. The van der Waals surface area contributed by atoms with E-state index in [2.05, 4.69) is 0 Å². The number of Topliss-reactive ketones (excluding diaryl/α,β-unsaturated/α-hetero) is 1. The van der Waals surface area contributed by atoms with E-state index in [0.717, 1.165) is 24.1 Å². The Morgan fingerprint density at radius 1 is 1.03 bits per heavy atom. The van der Waals surface area contributed by atoms with Gasteiger partial charge in [-0.25, -0.2) is 4.79 Å². The number of hydrogen-bond donors (Lipinski definition) is 1. The first-order valence-electron chi connectivity index (χ1n) is 10.4. The molecule has 2 aliphatic rings. The Balaban J connectivity index is 1.56. The van der Waals surface area contributed by atoms with Crippen LogP contribution in [-0.4, -0.2) is 35.5 Å². The largest absolute Gasteiger partial charge is 0.508 e. The maximum absolute atomic E-state index is 13.5. The molecule has 0 radical (unpaired) electrons. The molecule has 5 heteroatoms. The Bertz CT molecular complexity index is 860. The monoisotopic (exact) mass is 393 g/mol. The Morgan fingerprint density at radius 3 is 2.34 bits per heavy atom. The van der Waals surface area contributed by atoms with Crippen molar-refractivity contribution in [2.45, 2.75) is 44.8 Å². The number of ether oxygens (including phenoxy) is 1. The molecule has 29 heavy (non-hydrogen) atoms. The third-order valence-electron chi connectivity index (χ3n) is 6.01. The average Bonchev–Trinajstić information content (AvgIpc) is 3.57. The summed E-state index contributed by atoms with van der Waals surface area (Å²) in [4.78, 5) is 28.3. The van der Waals surface area contributed by atoms with Gasteiger partial charge < -0.3 is 14.7 Å². The summed E-state index contributed by atoms with van der Waals surface area (Å²) in [5.74, 6) is -0.202. The number of nitrogens with zero attached hydrogens (tertiary/aromatic N) is 1. The SMILES string of the molecule is CCN(c1ccccc1)C1C(=O)OC(C2CC2)C(CCc2ccc(O)cc2)C1=O. The van der Waals surface area contributed by atoms with Gasteiger partial charge in [0, 0.05) is 12.2 Å². The van der Waals surface area contributed by atoms with Crippen LogP contribution >= 0.6 is 0 Å². The summed E-state index contributed by atoms with van der Waals surface area (Å²) < 4.78 is 5.88. The molecule has 3 atom stereocenters. The molecule has 1 saturated heterocycles. The molecule has 4 rings (SSSR count). The number of anilines is 1. The minimum Gasteiger partial charge on any atom is -0.508 e. The van der Waals surface area contributed by atoms with Crippen LogP contribution in [0, 0.1) is 11.8 Å². The lowest BCUT2D eigenvalue weighted by molar-refractivity contribution is -0.167. The van der Waals surface area contributed by atoms with Crippen molar-refractivity contribution >= 4 is 17.4 Å². The quantitative estimate of drug-likeness (QED) is 0.573. The van der Waals surface area contributed by atoms with Crippen LogP contribution in [0.4, 0.5) is 5.69 Å². The molecule has 2 aromatic rings. The molecule has 1 saturated carbocycles. The molecule has 152 valence electrons. The molecule has 3 unspecified atom stereocenters. The van der Waals surface area contributed by atoms with E-state index in [0.29, 0.717) is 25.3 Å².